The summed E-state index contributed by atoms with van der Waals surface area (Å²) in [5.74, 6) is 0.914. The van der Waals surface area contributed by atoms with Crippen molar-refractivity contribution in [2.45, 2.75) is 25.4 Å². The summed E-state index contributed by atoms with van der Waals surface area (Å²) in [7, 11) is 0. The molecule has 1 saturated heterocycles. The third-order valence-corrected chi connectivity index (χ3v) is 3.34. The maximum atomic E-state index is 10.2. The Morgan fingerprint density at radius 3 is 3.06 bits per heavy atom. The molecule has 0 spiro atoms. The van der Waals surface area contributed by atoms with Gasteiger partial charge in [-0.3, -0.25) is 0 Å². The van der Waals surface area contributed by atoms with Crippen molar-refractivity contribution in [3.63, 3.8) is 0 Å². The second kappa shape index (κ2) is 3.74. The van der Waals surface area contributed by atoms with Crippen LogP contribution in [0.2, 0.25) is 0 Å². The third-order valence-electron chi connectivity index (χ3n) is 3.34. The van der Waals surface area contributed by atoms with E-state index in [2.05, 4.69) is 16.8 Å². The lowest BCUT2D eigenvalue weighted by Gasteiger charge is -2.47. The van der Waals surface area contributed by atoms with Crippen LogP contribution in [0.4, 0.5) is 5.82 Å². The molecule has 0 aliphatic carbocycles. The number of β-amino-alcohol motifs (C(OH)–C–C–N with tert-alkyl or cyclic N) is 1. The summed E-state index contributed by atoms with van der Waals surface area (Å²) in [5, 5.41) is 11.2. The minimum Gasteiger partial charge on any atom is -0.464 e. The predicted octanol–water partition coefficient (Wildman–Crippen LogP) is 2.18. The lowest BCUT2D eigenvalue weighted by Crippen LogP contribution is -2.62. The molecule has 0 amide bonds. The van der Waals surface area contributed by atoms with Crippen molar-refractivity contribution >= 4 is 16.8 Å². The van der Waals surface area contributed by atoms with Crippen LogP contribution in [0.1, 0.15) is 19.8 Å². The Hall–Kier alpha value is -1.55. The first-order valence-electron chi connectivity index (χ1n) is 6.01. The first-order chi connectivity index (χ1) is 8.22. The molecular formula is C13H16N2O2. The van der Waals surface area contributed by atoms with Crippen LogP contribution < -0.4 is 4.90 Å². The molecule has 4 nitrogen and oxygen atoms in total. The first-order valence-corrected chi connectivity index (χ1v) is 6.01. The van der Waals surface area contributed by atoms with E-state index in [1.54, 1.807) is 12.5 Å². The van der Waals surface area contributed by atoms with E-state index in [1.807, 2.05) is 12.1 Å². The van der Waals surface area contributed by atoms with Crippen LogP contribution in [0.3, 0.4) is 0 Å². The van der Waals surface area contributed by atoms with Crippen molar-refractivity contribution in [2.75, 3.05) is 18.0 Å². The predicted molar refractivity (Wildman–Crippen MR) is 66.1 cm³/mol. The van der Waals surface area contributed by atoms with Gasteiger partial charge in [0.25, 0.3) is 0 Å². The molecule has 1 fully saturated rings. The molecule has 0 bridgehead atoms. The Labute approximate surface area is 99.9 Å². The molecule has 4 heteroatoms. The summed E-state index contributed by atoms with van der Waals surface area (Å²) < 4.78 is 5.35. The Kier molecular flexibility index (Phi) is 2.33. The molecule has 2 aromatic rings. The van der Waals surface area contributed by atoms with Gasteiger partial charge in [0, 0.05) is 19.3 Å². The molecule has 0 saturated carbocycles. The van der Waals surface area contributed by atoms with Crippen molar-refractivity contribution < 1.29 is 9.52 Å². The fraction of sp³-hybridized carbons (Fsp3) is 0.462. The monoisotopic (exact) mass is 232 g/mol. The molecule has 0 aromatic carbocycles. The molecule has 3 rings (SSSR count). The zero-order valence-electron chi connectivity index (χ0n) is 9.89. The van der Waals surface area contributed by atoms with Gasteiger partial charge in [0.05, 0.1) is 17.3 Å². The SMILES string of the molecule is CCCC1(O)CN(c2nccc3occc23)C1. The summed E-state index contributed by atoms with van der Waals surface area (Å²) >= 11 is 0. The van der Waals surface area contributed by atoms with Crippen LogP contribution in [-0.2, 0) is 0 Å². The number of aliphatic hydroxyl groups is 1. The molecule has 0 unspecified atom stereocenters. The average Bonchev–Trinajstić information content (AvgIpc) is 2.73. The standard InChI is InChI=1S/C13H16N2O2/c1-2-5-13(16)8-15(9-13)12-10-4-7-17-11(10)3-6-14-12/h3-4,6-7,16H,2,5,8-9H2,1H3. The minimum absolute atomic E-state index is 0.525. The van der Waals surface area contributed by atoms with E-state index >= 15 is 0 Å². The lowest BCUT2D eigenvalue weighted by atomic mass is 9.89. The smallest absolute Gasteiger partial charge is 0.139 e. The van der Waals surface area contributed by atoms with Crippen molar-refractivity contribution in [3.8, 4) is 0 Å². The average molecular weight is 232 g/mol. The normalized spacial score (nSPS) is 18.4. The molecule has 90 valence electrons. The highest BCUT2D eigenvalue weighted by Crippen LogP contribution is 2.33. The van der Waals surface area contributed by atoms with Crippen LogP contribution in [0.5, 0.6) is 0 Å². The van der Waals surface area contributed by atoms with Crippen LogP contribution in [0.15, 0.2) is 29.0 Å². The quantitative estimate of drug-likeness (QED) is 0.881. The Morgan fingerprint density at radius 2 is 2.29 bits per heavy atom. The molecule has 17 heavy (non-hydrogen) atoms. The zero-order chi connectivity index (χ0) is 11.9. The van der Waals surface area contributed by atoms with Gasteiger partial charge >= 0.3 is 0 Å². The Morgan fingerprint density at radius 1 is 1.47 bits per heavy atom. The topological polar surface area (TPSA) is 49.5 Å². The molecule has 1 aliphatic rings. The number of hydrogen-bond acceptors (Lipinski definition) is 4. The molecule has 0 atom stereocenters. The van der Waals surface area contributed by atoms with Crippen molar-refractivity contribution in [3.05, 3.63) is 24.6 Å². The van der Waals surface area contributed by atoms with Gasteiger partial charge in [-0.25, -0.2) is 4.98 Å². The second-order valence-corrected chi connectivity index (χ2v) is 4.80. The largest absolute Gasteiger partial charge is 0.464 e. The lowest BCUT2D eigenvalue weighted by molar-refractivity contribution is 0.00312. The molecule has 1 N–H and O–H groups in total. The van der Waals surface area contributed by atoms with E-state index < -0.39 is 5.60 Å². The van der Waals surface area contributed by atoms with E-state index in [1.165, 1.54) is 0 Å². The highest BCUT2D eigenvalue weighted by atomic mass is 16.3. The number of anilines is 1. The van der Waals surface area contributed by atoms with Crippen LogP contribution >= 0.6 is 0 Å². The summed E-state index contributed by atoms with van der Waals surface area (Å²) in [6.45, 7) is 3.42. The van der Waals surface area contributed by atoms with Gasteiger partial charge in [0.2, 0.25) is 0 Å². The van der Waals surface area contributed by atoms with E-state index in [0.717, 1.165) is 29.6 Å². The van der Waals surface area contributed by atoms with Crippen LogP contribution in [-0.4, -0.2) is 28.8 Å². The number of hydrogen-bond donors (Lipinski definition) is 1. The highest BCUT2D eigenvalue weighted by molar-refractivity contribution is 5.88. The number of pyridine rings is 1. The van der Waals surface area contributed by atoms with Gasteiger partial charge in [-0.1, -0.05) is 13.3 Å². The summed E-state index contributed by atoms with van der Waals surface area (Å²) in [6, 6.07) is 3.78. The first kappa shape index (κ1) is 10.6. The van der Waals surface area contributed by atoms with Crippen molar-refractivity contribution in [1.29, 1.82) is 0 Å². The number of aromatic nitrogens is 1. The maximum absolute atomic E-state index is 10.2. The second-order valence-electron chi connectivity index (χ2n) is 4.80. The van der Waals surface area contributed by atoms with Gasteiger partial charge < -0.3 is 14.4 Å². The van der Waals surface area contributed by atoms with Gasteiger partial charge in [-0.15, -0.1) is 0 Å². The minimum atomic E-state index is -0.525. The number of rotatable bonds is 3. The summed E-state index contributed by atoms with van der Waals surface area (Å²) in [6.07, 6.45) is 5.28. The van der Waals surface area contributed by atoms with Crippen molar-refractivity contribution in [2.24, 2.45) is 0 Å². The number of furan rings is 1. The highest BCUT2D eigenvalue weighted by Gasteiger charge is 2.41. The Bertz CT molecular complexity index is 529. The van der Waals surface area contributed by atoms with E-state index in [4.69, 9.17) is 4.42 Å². The van der Waals surface area contributed by atoms with Crippen molar-refractivity contribution in [1.82, 2.24) is 4.98 Å². The summed E-state index contributed by atoms with van der Waals surface area (Å²) in [5.41, 5.74) is 0.323. The Balaban J connectivity index is 1.85. The fourth-order valence-electron chi connectivity index (χ4n) is 2.57. The molecule has 1 aliphatic heterocycles. The van der Waals surface area contributed by atoms with Gasteiger partial charge in [0.15, 0.2) is 0 Å². The van der Waals surface area contributed by atoms with Gasteiger partial charge in [0.1, 0.15) is 11.4 Å². The molecular weight excluding hydrogens is 216 g/mol. The zero-order valence-corrected chi connectivity index (χ0v) is 9.89. The van der Waals surface area contributed by atoms with Crippen LogP contribution in [0.25, 0.3) is 11.0 Å². The van der Waals surface area contributed by atoms with Gasteiger partial charge in [-0.05, 0) is 18.6 Å². The molecule has 2 aromatic heterocycles. The fourth-order valence-corrected chi connectivity index (χ4v) is 2.57. The molecule has 0 radical (unpaired) electrons. The summed E-state index contributed by atoms with van der Waals surface area (Å²) in [4.78, 5) is 6.49. The maximum Gasteiger partial charge on any atom is 0.139 e. The number of fused-ring (bicyclic) bond motifs is 1. The number of nitrogens with zero attached hydrogens (tertiary/aromatic N) is 2. The van der Waals surface area contributed by atoms with E-state index in [-0.39, 0.29) is 0 Å². The van der Waals surface area contributed by atoms with Gasteiger partial charge in [-0.2, -0.15) is 0 Å². The van der Waals surface area contributed by atoms with E-state index in [9.17, 15) is 5.11 Å². The van der Waals surface area contributed by atoms with E-state index in [0.29, 0.717) is 13.1 Å². The molecule has 3 heterocycles. The third kappa shape index (κ3) is 1.69. The van der Waals surface area contributed by atoms with Crippen LogP contribution in [0, 0.1) is 0 Å².